The minimum atomic E-state index is 0.0143. The Hall–Kier alpha value is -2.58. The number of nitriles is 1. The third-order valence-corrected chi connectivity index (χ3v) is 5.52. The molecule has 1 aliphatic carbocycles. The van der Waals surface area contributed by atoms with E-state index < -0.39 is 0 Å². The van der Waals surface area contributed by atoms with Gasteiger partial charge in [0.25, 0.3) is 0 Å². The van der Waals surface area contributed by atoms with Crippen LogP contribution in [0.4, 0.5) is 0 Å². The van der Waals surface area contributed by atoms with E-state index in [9.17, 15) is 5.26 Å². The fourth-order valence-corrected chi connectivity index (χ4v) is 4.29. The first-order valence-corrected chi connectivity index (χ1v) is 10.1. The van der Waals surface area contributed by atoms with Gasteiger partial charge in [0, 0.05) is 18.0 Å². The Morgan fingerprint density at radius 1 is 1.30 bits per heavy atom. The van der Waals surface area contributed by atoms with Crippen LogP contribution in [-0.2, 0) is 18.6 Å². The van der Waals surface area contributed by atoms with Crippen LogP contribution in [0.15, 0.2) is 46.6 Å². The summed E-state index contributed by atoms with van der Waals surface area (Å²) in [6.07, 6.45) is 3.57. The van der Waals surface area contributed by atoms with Gasteiger partial charge >= 0.3 is 0 Å². The zero-order valence-corrected chi connectivity index (χ0v) is 16.6. The number of nitrogens with zero attached hydrogens (tertiary/aromatic N) is 3. The molecule has 2 aromatic carbocycles. The highest BCUT2D eigenvalue weighted by molar-refractivity contribution is 8.13. The summed E-state index contributed by atoms with van der Waals surface area (Å²) in [7, 11) is 0. The molecule has 0 N–H and O–H groups in total. The van der Waals surface area contributed by atoms with Crippen molar-refractivity contribution >= 4 is 23.5 Å². The molecule has 0 saturated heterocycles. The highest BCUT2D eigenvalue weighted by Gasteiger charge is 2.16. The molecule has 138 valence electrons. The van der Waals surface area contributed by atoms with E-state index in [4.69, 9.17) is 4.74 Å². The second-order valence-electron chi connectivity index (χ2n) is 6.73. The summed E-state index contributed by atoms with van der Waals surface area (Å²) in [5.74, 6) is 1.41. The smallest absolute Gasteiger partial charge is 0.137 e. The highest BCUT2D eigenvalue weighted by Crippen LogP contribution is 2.30. The van der Waals surface area contributed by atoms with Gasteiger partial charge in [0.05, 0.1) is 11.7 Å². The molecule has 1 aliphatic rings. The second kappa shape index (κ2) is 8.88. The Labute approximate surface area is 165 Å². The summed E-state index contributed by atoms with van der Waals surface area (Å²) >= 11 is 1.62. The minimum absolute atomic E-state index is 0.0143. The van der Waals surface area contributed by atoms with E-state index in [0.29, 0.717) is 11.3 Å². The lowest BCUT2D eigenvalue weighted by molar-refractivity contribution is 0.241. The van der Waals surface area contributed by atoms with Crippen molar-refractivity contribution < 1.29 is 4.74 Å². The van der Waals surface area contributed by atoms with E-state index >= 15 is 0 Å². The molecule has 0 atom stereocenters. The van der Waals surface area contributed by atoms with Crippen LogP contribution in [-0.4, -0.2) is 17.9 Å². The van der Waals surface area contributed by atoms with Crippen molar-refractivity contribution in [3.8, 4) is 11.8 Å². The number of aryl methyl sites for hydroxylation is 1. The first-order valence-electron chi connectivity index (χ1n) is 9.09. The third-order valence-electron chi connectivity index (χ3n) is 4.48. The van der Waals surface area contributed by atoms with Gasteiger partial charge in [-0.1, -0.05) is 30.0 Å². The summed E-state index contributed by atoms with van der Waals surface area (Å²) < 4.78 is 5.71. The van der Waals surface area contributed by atoms with Crippen molar-refractivity contribution in [2.45, 2.75) is 45.0 Å². The van der Waals surface area contributed by atoms with E-state index in [1.807, 2.05) is 32.0 Å². The Kier molecular flexibility index (Phi) is 6.31. The van der Waals surface area contributed by atoms with E-state index in [-0.39, 0.29) is 6.10 Å². The van der Waals surface area contributed by atoms with Crippen molar-refractivity contribution in [2.75, 3.05) is 0 Å². The van der Waals surface area contributed by atoms with Crippen molar-refractivity contribution in [1.29, 1.82) is 5.26 Å². The number of hydrogen-bond acceptors (Lipinski definition) is 5. The topological polar surface area (TPSA) is 57.7 Å². The van der Waals surface area contributed by atoms with Gasteiger partial charge in [-0.15, -0.1) is 5.10 Å². The fourth-order valence-electron chi connectivity index (χ4n) is 3.32. The standard InChI is InChI=1S/C22H23N3OS/c1-15(2)26-21-11-10-17(12-19(21)13-23)22(25-24-3)27-14-18-8-4-6-16-7-5-9-20(16)18/h4,6,8,10-12,15H,3,5,7,9,14H2,1-2H3/b25-22-. The molecule has 0 amide bonds. The second-order valence-corrected chi connectivity index (χ2v) is 7.70. The zero-order chi connectivity index (χ0) is 19.2. The largest absolute Gasteiger partial charge is 0.490 e. The normalized spacial score (nSPS) is 13.3. The molecule has 0 unspecified atom stereocenters. The predicted molar refractivity (Wildman–Crippen MR) is 113 cm³/mol. The average molecular weight is 378 g/mol. The molecule has 0 saturated carbocycles. The molecule has 3 rings (SSSR count). The lowest BCUT2D eigenvalue weighted by Crippen LogP contribution is -2.07. The lowest BCUT2D eigenvalue weighted by atomic mass is 10.1. The summed E-state index contributed by atoms with van der Waals surface area (Å²) in [6, 6.07) is 14.3. The molecule has 27 heavy (non-hydrogen) atoms. The number of hydrogen-bond donors (Lipinski definition) is 0. The number of benzene rings is 2. The van der Waals surface area contributed by atoms with Gasteiger partial charge in [0.2, 0.25) is 0 Å². The van der Waals surface area contributed by atoms with Crippen LogP contribution in [0.1, 0.15) is 48.1 Å². The van der Waals surface area contributed by atoms with Gasteiger partial charge in [0.15, 0.2) is 0 Å². The van der Waals surface area contributed by atoms with Gasteiger partial charge in [-0.25, -0.2) is 0 Å². The summed E-state index contributed by atoms with van der Waals surface area (Å²) in [5, 5.41) is 18.2. The van der Waals surface area contributed by atoms with E-state index in [1.165, 1.54) is 29.5 Å². The van der Waals surface area contributed by atoms with Crippen molar-refractivity contribution in [3.63, 3.8) is 0 Å². The van der Waals surface area contributed by atoms with Crippen LogP contribution in [0.5, 0.6) is 5.75 Å². The van der Waals surface area contributed by atoms with Gasteiger partial charge < -0.3 is 4.74 Å². The molecule has 0 bridgehead atoms. The number of ether oxygens (including phenoxy) is 1. The van der Waals surface area contributed by atoms with Crippen LogP contribution in [0.2, 0.25) is 0 Å². The van der Waals surface area contributed by atoms with Crippen molar-refractivity contribution in [1.82, 2.24) is 0 Å². The number of fused-ring (bicyclic) bond motifs is 1. The minimum Gasteiger partial charge on any atom is -0.490 e. The molecule has 4 nitrogen and oxygen atoms in total. The van der Waals surface area contributed by atoms with Gasteiger partial charge in [-0.05, 0) is 68.0 Å². The van der Waals surface area contributed by atoms with Crippen LogP contribution < -0.4 is 4.74 Å². The molecule has 0 aromatic heterocycles. The van der Waals surface area contributed by atoms with E-state index in [2.05, 4.69) is 41.2 Å². The van der Waals surface area contributed by atoms with Crippen LogP contribution in [0.3, 0.4) is 0 Å². The highest BCUT2D eigenvalue weighted by atomic mass is 32.2. The zero-order valence-electron chi connectivity index (χ0n) is 15.7. The average Bonchev–Trinajstić information content (AvgIpc) is 3.14. The van der Waals surface area contributed by atoms with Crippen LogP contribution in [0.25, 0.3) is 0 Å². The van der Waals surface area contributed by atoms with Gasteiger partial charge in [-0.2, -0.15) is 10.4 Å². The molecule has 2 aromatic rings. The van der Waals surface area contributed by atoms with Gasteiger partial charge in [-0.3, -0.25) is 0 Å². The maximum absolute atomic E-state index is 9.47. The first kappa shape index (κ1) is 19.2. The fraction of sp³-hybridized carbons (Fsp3) is 0.318. The maximum atomic E-state index is 9.47. The Morgan fingerprint density at radius 3 is 2.89 bits per heavy atom. The van der Waals surface area contributed by atoms with E-state index in [0.717, 1.165) is 22.8 Å². The summed E-state index contributed by atoms with van der Waals surface area (Å²) in [5.41, 5.74) is 5.66. The molecule has 0 aliphatic heterocycles. The monoisotopic (exact) mass is 377 g/mol. The third kappa shape index (κ3) is 4.58. The molecular weight excluding hydrogens is 354 g/mol. The lowest BCUT2D eigenvalue weighted by Gasteiger charge is -2.13. The summed E-state index contributed by atoms with van der Waals surface area (Å²) in [4.78, 5) is 0. The van der Waals surface area contributed by atoms with Crippen LogP contribution in [0, 0.1) is 11.3 Å². The predicted octanol–water partition coefficient (Wildman–Crippen LogP) is 5.13. The first-order chi connectivity index (χ1) is 13.1. The number of rotatable bonds is 6. The number of thioether (sulfide) groups is 1. The SMILES string of the molecule is C=N/N=C(\SCc1cccc2c1CCC2)c1ccc(OC(C)C)c(C#N)c1. The molecule has 5 heteroatoms. The molecule has 0 fully saturated rings. The Morgan fingerprint density at radius 2 is 2.15 bits per heavy atom. The van der Waals surface area contributed by atoms with Crippen molar-refractivity contribution in [2.24, 2.45) is 10.2 Å². The molecule has 0 heterocycles. The maximum Gasteiger partial charge on any atom is 0.137 e. The summed E-state index contributed by atoms with van der Waals surface area (Å²) in [6.45, 7) is 7.38. The molecule has 0 spiro atoms. The Balaban J connectivity index is 1.82. The quantitative estimate of drug-likeness (QED) is 0.398. The Bertz CT molecular complexity index is 912. The molecular formula is C22H23N3OS. The van der Waals surface area contributed by atoms with Gasteiger partial charge in [0.1, 0.15) is 16.9 Å². The van der Waals surface area contributed by atoms with Crippen molar-refractivity contribution in [3.05, 3.63) is 64.2 Å². The molecule has 0 radical (unpaired) electrons. The van der Waals surface area contributed by atoms with Crippen LogP contribution >= 0.6 is 11.8 Å². The van der Waals surface area contributed by atoms with E-state index in [1.54, 1.807) is 11.8 Å².